The number of rotatable bonds is 3. The number of imidazole rings is 1. The summed E-state index contributed by atoms with van der Waals surface area (Å²) >= 11 is 6.07. The van der Waals surface area contributed by atoms with Gasteiger partial charge < -0.3 is 14.4 Å². The number of anilines is 1. The first kappa shape index (κ1) is 22.8. The van der Waals surface area contributed by atoms with E-state index in [2.05, 4.69) is 11.1 Å². The fraction of sp³-hybridized carbons (Fsp3) is 0.250. The Morgan fingerprint density at radius 2 is 1.94 bits per heavy atom. The van der Waals surface area contributed by atoms with Crippen molar-refractivity contribution in [2.24, 2.45) is 0 Å². The van der Waals surface area contributed by atoms with Crippen LogP contribution in [0.3, 0.4) is 0 Å². The molecule has 3 heterocycles. The molecule has 9 heteroatoms. The molecule has 1 aromatic heterocycles. The van der Waals surface area contributed by atoms with E-state index in [0.717, 1.165) is 29.9 Å². The molecule has 33 heavy (non-hydrogen) atoms. The first-order valence-electron chi connectivity index (χ1n) is 10.5. The summed E-state index contributed by atoms with van der Waals surface area (Å²) in [7, 11) is 0. The zero-order valence-electron chi connectivity index (χ0n) is 17.6. The minimum atomic E-state index is -0.191. The van der Waals surface area contributed by atoms with Gasteiger partial charge in [-0.3, -0.25) is 9.59 Å². The van der Waals surface area contributed by atoms with Crippen molar-refractivity contribution in [3.63, 3.8) is 0 Å². The van der Waals surface area contributed by atoms with E-state index in [-0.39, 0.29) is 36.8 Å². The molecule has 0 bridgehead atoms. The minimum absolute atomic E-state index is 0. The average Bonchev–Trinajstić information content (AvgIpc) is 3.41. The van der Waals surface area contributed by atoms with Gasteiger partial charge >= 0.3 is 0 Å². The van der Waals surface area contributed by atoms with Crippen LogP contribution in [0.5, 0.6) is 0 Å². The first-order chi connectivity index (χ1) is 15.5. The summed E-state index contributed by atoms with van der Waals surface area (Å²) < 4.78 is 1.98. The van der Waals surface area contributed by atoms with Gasteiger partial charge in [0.2, 0.25) is 5.91 Å². The monoisotopic (exact) mass is 481 g/mol. The highest BCUT2D eigenvalue weighted by molar-refractivity contribution is 6.30. The van der Waals surface area contributed by atoms with Crippen molar-refractivity contribution >= 4 is 41.5 Å². The lowest BCUT2D eigenvalue weighted by Crippen LogP contribution is -2.52. The van der Waals surface area contributed by atoms with E-state index < -0.39 is 0 Å². The maximum absolute atomic E-state index is 13.4. The minimum Gasteiger partial charge on any atom is -0.326 e. The van der Waals surface area contributed by atoms with Crippen molar-refractivity contribution in [1.29, 1.82) is 5.26 Å². The Hall–Kier alpha value is -3.34. The number of hydrogen-bond acceptors (Lipinski definition) is 4. The van der Waals surface area contributed by atoms with Crippen LogP contribution in [0, 0.1) is 11.3 Å². The standard InChI is InChI=1S/C24H20ClN5O2.ClH/c25-18-2-1-3-19(12-18)29-11-10-28(15-23(29)31)24(32)21-14-27-22-9-8-20(30(21)22)17-6-4-16(13-26)5-7-17;/h1-7,12,14,20H,8-11,15H2;1H/t20-;/m0./s1. The van der Waals surface area contributed by atoms with E-state index in [9.17, 15) is 9.59 Å². The number of carbonyl (C=O) groups is 2. The van der Waals surface area contributed by atoms with E-state index in [1.165, 1.54) is 0 Å². The summed E-state index contributed by atoms with van der Waals surface area (Å²) in [4.78, 5) is 33.9. The largest absolute Gasteiger partial charge is 0.326 e. The number of aryl methyl sites for hydroxylation is 1. The second-order valence-corrected chi connectivity index (χ2v) is 8.41. The number of carbonyl (C=O) groups excluding carboxylic acids is 2. The van der Waals surface area contributed by atoms with Gasteiger partial charge in [0, 0.05) is 30.2 Å². The summed E-state index contributed by atoms with van der Waals surface area (Å²) in [6.45, 7) is 0.845. The van der Waals surface area contributed by atoms with Crippen LogP contribution in [-0.2, 0) is 11.2 Å². The Balaban J connectivity index is 0.00000259. The van der Waals surface area contributed by atoms with Gasteiger partial charge in [0.15, 0.2) is 0 Å². The van der Waals surface area contributed by atoms with Crippen molar-refractivity contribution in [1.82, 2.24) is 14.5 Å². The smallest absolute Gasteiger partial charge is 0.272 e. The summed E-state index contributed by atoms with van der Waals surface area (Å²) in [6, 6.07) is 16.7. The van der Waals surface area contributed by atoms with Crippen LogP contribution in [0.1, 0.15) is 39.9 Å². The zero-order chi connectivity index (χ0) is 22.2. The van der Waals surface area contributed by atoms with E-state index in [1.54, 1.807) is 46.3 Å². The van der Waals surface area contributed by atoms with Crippen molar-refractivity contribution in [3.05, 3.63) is 82.4 Å². The second-order valence-electron chi connectivity index (χ2n) is 7.97. The Morgan fingerprint density at radius 3 is 2.64 bits per heavy atom. The van der Waals surface area contributed by atoms with Crippen LogP contribution in [0.25, 0.3) is 0 Å². The summed E-state index contributed by atoms with van der Waals surface area (Å²) in [6.07, 6.45) is 3.23. The number of benzene rings is 2. The van der Waals surface area contributed by atoms with Gasteiger partial charge in [-0.25, -0.2) is 4.98 Å². The highest BCUT2D eigenvalue weighted by Crippen LogP contribution is 2.33. The fourth-order valence-electron chi connectivity index (χ4n) is 4.51. The summed E-state index contributed by atoms with van der Waals surface area (Å²) in [5.74, 6) is 0.534. The molecule has 0 radical (unpaired) electrons. The van der Waals surface area contributed by atoms with E-state index in [1.807, 2.05) is 22.8 Å². The SMILES string of the molecule is Cl.N#Cc1ccc([C@@H]2CCc3ncc(C(=O)N4CCN(c5cccc(Cl)c5)C(=O)C4)n32)cc1. The van der Waals surface area contributed by atoms with E-state index in [4.69, 9.17) is 16.9 Å². The Kier molecular flexibility index (Phi) is 6.41. The van der Waals surface area contributed by atoms with Crippen LogP contribution < -0.4 is 4.90 Å². The van der Waals surface area contributed by atoms with Crippen molar-refractivity contribution in [2.75, 3.05) is 24.5 Å². The highest BCUT2D eigenvalue weighted by Gasteiger charge is 2.34. The van der Waals surface area contributed by atoms with Crippen LogP contribution >= 0.6 is 24.0 Å². The van der Waals surface area contributed by atoms with Gasteiger partial charge in [-0.1, -0.05) is 29.8 Å². The van der Waals surface area contributed by atoms with E-state index in [0.29, 0.717) is 29.4 Å². The average molecular weight is 482 g/mol. The predicted molar refractivity (Wildman–Crippen MR) is 127 cm³/mol. The number of hydrogen-bond donors (Lipinski definition) is 0. The van der Waals surface area contributed by atoms with E-state index >= 15 is 0 Å². The Labute approximate surface area is 202 Å². The van der Waals surface area contributed by atoms with Crippen LogP contribution in [0.2, 0.25) is 5.02 Å². The zero-order valence-corrected chi connectivity index (χ0v) is 19.2. The van der Waals surface area contributed by atoms with Crippen LogP contribution in [0.15, 0.2) is 54.7 Å². The molecule has 2 aromatic carbocycles. The molecular weight excluding hydrogens is 461 g/mol. The van der Waals surface area contributed by atoms with Crippen LogP contribution in [0.4, 0.5) is 5.69 Å². The molecule has 1 saturated heterocycles. The molecule has 7 nitrogen and oxygen atoms in total. The molecule has 3 aromatic rings. The highest BCUT2D eigenvalue weighted by atomic mass is 35.5. The predicted octanol–water partition coefficient (Wildman–Crippen LogP) is 3.85. The maximum atomic E-state index is 13.4. The molecule has 0 saturated carbocycles. The molecule has 2 aliphatic rings. The maximum Gasteiger partial charge on any atom is 0.272 e. The lowest BCUT2D eigenvalue weighted by atomic mass is 10.0. The number of fused-ring (bicyclic) bond motifs is 1. The van der Waals surface area contributed by atoms with Crippen molar-refractivity contribution in [3.8, 4) is 6.07 Å². The molecule has 168 valence electrons. The number of aromatic nitrogens is 2. The first-order valence-corrected chi connectivity index (χ1v) is 10.8. The lowest BCUT2D eigenvalue weighted by Gasteiger charge is -2.34. The Morgan fingerprint density at radius 1 is 1.15 bits per heavy atom. The normalized spacial score (nSPS) is 17.3. The van der Waals surface area contributed by atoms with Crippen molar-refractivity contribution < 1.29 is 9.59 Å². The molecule has 1 fully saturated rings. The number of nitrogens with zero attached hydrogens (tertiary/aromatic N) is 5. The molecule has 5 rings (SSSR count). The third-order valence-electron chi connectivity index (χ3n) is 6.10. The molecule has 2 amide bonds. The molecule has 2 aliphatic heterocycles. The van der Waals surface area contributed by atoms with Gasteiger partial charge in [-0.15, -0.1) is 12.4 Å². The number of piperazine rings is 1. The summed E-state index contributed by atoms with van der Waals surface area (Å²) in [5.41, 5.74) is 2.87. The lowest BCUT2D eigenvalue weighted by molar-refractivity contribution is -0.120. The topological polar surface area (TPSA) is 82.2 Å². The van der Waals surface area contributed by atoms with Gasteiger partial charge in [-0.05, 0) is 42.3 Å². The van der Waals surface area contributed by atoms with Crippen LogP contribution in [-0.4, -0.2) is 45.9 Å². The van der Waals surface area contributed by atoms with Gasteiger partial charge in [0.05, 0.1) is 23.9 Å². The van der Waals surface area contributed by atoms with Gasteiger partial charge in [0.1, 0.15) is 18.1 Å². The number of nitriles is 1. The molecular formula is C24H21Cl2N5O2. The van der Waals surface area contributed by atoms with Gasteiger partial charge in [-0.2, -0.15) is 5.26 Å². The second kappa shape index (κ2) is 9.26. The quantitative estimate of drug-likeness (QED) is 0.568. The molecule has 0 spiro atoms. The third kappa shape index (κ3) is 4.20. The molecule has 0 unspecified atom stereocenters. The van der Waals surface area contributed by atoms with Gasteiger partial charge in [0.25, 0.3) is 5.91 Å². The summed E-state index contributed by atoms with van der Waals surface area (Å²) in [5, 5.41) is 9.62. The molecule has 1 atom stereocenters. The molecule has 0 aliphatic carbocycles. The fourth-order valence-corrected chi connectivity index (χ4v) is 4.69. The number of amides is 2. The Bertz CT molecular complexity index is 1250. The van der Waals surface area contributed by atoms with Crippen molar-refractivity contribution in [2.45, 2.75) is 18.9 Å². The molecule has 0 N–H and O–H groups in total. The number of halogens is 2. The third-order valence-corrected chi connectivity index (χ3v) is 6.33.